The van der Waals surface area contributed by atoms with Crippen LogP contribution in [0.25, 0.3) is 0 Å². The second-order valence-corrected chi connectivity index (χ2v) is 4.55. The molecule has 0 aliphatic carbocycles. The van der Waals surface area contributed by atoms with E-state index in [-0.39, 0.29) is 5.84 Å². The molecule has 0 aliphatic rings. The van der Waals surface area contributed by atoms with Gasteiger partial charge in [0.05, 0.1) is 0 Å². The van der Waals surface area contributed by atoms with Crippen LogP contribution in [-0.4, -0.2) is 32.4 Å². The minimum absolute atomic E-state index is 0.116. The van der Waals surface area contributed by atoms with E-state index in [9.17, 15) is 4.39 Å². The molecule has 2 aromatic rings. The first-order valence-electron chi connectivity index (χ1n) is 6.41. The molecule has 0 aliphatic heterocycles. The number of hydrogen-bond donors (Lipinski definition) is 3. The number of halogens is 1. The van der Waals surface area contributed by atoms with E-state index in [0.29, 0.717) is 30.6 Å². The zero-order valence-corrected chi connectivity index (χ0v) is 11.6. The van der Waals surface area contributed by atoms with E-state index < -0.39 is 5.82 Å². The van der Waals surface area contributed by atoms with Crippen LogP contribution in [0.5, 0.6) is 0 Å². The highest BCUT2D eigenvalue weighted by molar-refractivity contribution is 5.97. The fraction of sp³-hybridized carbons (Fsp3) is 0.308. The van der Waals surface area contributed by atoms with Crippen molar-refractivity contribution < 1.29 is 9.60 Å². The van der Waals surface area contributed by atoms with Gasteiger partial charge in [-0.3, -0.25) is 4.68 Å². The van der Waals surface area contributed by atoms with Crippen molar-refractivity contribution in [3.63, 3.8) is 0 Å². The highest BCUT2D eigenvalue weighted by atomic mass is 19.1. The lowest BCUT2D eigenvalue weighted by Gasteiger charge is -2.06. The van der Waals surface area contributed by atoms with Gasteiger partial charge in [-0.05, 0) is 6.07 Å². The second kappa shape index (κ2) is 6.80. The van der Waals surface area contributed by atoms with E-state index in [1.807, 2.05) is 7.05 Å². The van der Waals surface area contributed by atoms with Crippen LogP contribution in [0.3, 0.4) is 0 Å². The quantitative estimate of drug-likeness (QED) is 0.235. The third-order valence-electron chi connectivity index (χ3n) is 2.94. The Labute approximate surface area is 121 Å². The summed E-state index contributed by atoms with van der Waals surface area (Å²) in [6.45, 7) is 1.03. The molecule has 1 aromatic carbocycles. The molecule has 0 saturated heterocycles. The van der Waals surface area contributed by atoms with Crippen molar-refractivity contribution in [3.8, 4) is 0 Å². The average Bonchev–Trinajstić information content (AvgIpc) is 2.89. The van der Waals surface area contributed by atoms with Crippen LogP contribution in [0.15, 0.2) is 29.7 Å². The topological polar surface area (TPSA) is 101 Å². The van der Waals surface area contributed by atoms with Crippen LogP contribution >= 0.6 is 0 Å². The largest absolute Gasteiger partial charge is 0.409 e. The molecule has 7 nitrogen and oxygen atoms in total. The fourth-order valence-electron chi connectivity index (χ4n) is 1.83. The Morgan fingerprint density at radius 2 is 2.33 bits per heavy atom. The third kappa shape index (κ3) is 3.99. The van der Waals surface area contributed by atoms with Crippen LogP contribution in [0.1, 0.15) is 17.0 Å². The zero-order chi connectivity index (χ0) is 15.2. The summed E-state index contributed by atoms with van der Waals surface area (Å²) >= 11 is 0. The number of benzene rings is 1. The first-order valence-corrected chi connectivity index (χ1v) is 6.41. The van der Waals surface area contributed by atoms with Gasteiger partial charge in [0.25, 0.3) is 0 Å². The summed E-state index contributed by atoms with van der Waals surface area (Å²) in [5, 5.41) is 18.7. The standard InChI is InChI=1S/C13H17FN6O/c1-20-8-17-12(18-20)4-5-16-7-10-3-2-9(6-11(10)14)13(15)19-21/h2-3,6,8,16,21H,4-5,7H2,1H3,(H2,15,19). The predicted octanol–water partition coefficient (Wildman–Crippen LogP) is 0.381. The molecule has 0 atom stereocenters. The molecule has 1 heterocycles. The molecule has 21 heavy (non-hydrogen) atoms. The zero-order valence-electron chi connectivity index (χ0n) is 11.6. The van der Waals surface area contributed by atoms with E-state index in [1.165, 1.54) is 6.07 Å². The van der Waals surface area contributed by atoms with Crippen molar-refractivity contribution in [1.82, 2.24) is 20.1 Å². The van der Waals surface area contributed by atoms with Crippen LogP contribution < -0.4 is 11.1 Å². The summed E-state index contributed by atoms with van der Waals surface area (Å²) < 4.78 is 15.5. The summed E-state index contributed by atoms with van der Waals surface area (Å²) in [5.41, 5.74) is 6.26. The average molecular weight is 292 g/mol. The van der Waals surface area contributed by atoms with Gasteiger partial charge < -0.3 is 16.3 Å². The molecule has 8 heteroatoms. The Kier molecular flexibility index (Phi) is 4.83. The number of oxime groups is 1. The number of nitrogens with two attached hydrogens (primary N) is 1. The first kappa shape index (κ1) is 14.9. The normalized spacial score (nSPS) is 11.8. The molecular formula is C13H17FN6O. The number of amidine groups is 1. The van der Waals surface area contributed by atoms with Crippen molar-refractivity contribution >= 4 is 5.84 Å². The number of hydrogen-bond acceptors (Lipinski definition) is 5. The molecule has 4 N–H and O–H groups in total. The van der Waals surface area contributed by atoms with E-state index in [4.69, 9.17) is 10.9 Å². The van der Waals surface area contributed by atoms with E-state index >= 15 is 0 Å². The molecule has 0 radical (unpaired) electrons. The lowest BCUT2D eigenvalue weighted by molar-refractivity contribution is 0.318. The Balaban J connectivity index is 1.86. The maximum atomic E-state index is 13.8. The van der Waals surface area contributed by atoms with E-state index in [1.54, 1.807) is 23.1 Å². The Hall–Kier alpha value is -2.48. The third-order valence-corrected chi connectivity index (χ3v) is 2.94. The van der Waals surface area contributed by atoms with Gasteiger partial charge >= 0.3 is 0 Å². The summed E-state index contributed by atoms with van der Waals surface area (Å²) in [6.07, 6.45) is 2.31. The van der Waals surface area contributed by atoms with Crippen LogP contribution in [0, 0.1) is 5.82 Å². The van der Waals surface area contributed by atoms with Crippen molar-refractivity contribution in [1.29, 1.82) is 0 Å². The number of nitrogens with zero attached hydrogens (tertiary/aromatic N) is 4. The minimum Gasteiger partial charge on any atom is -0.409 e. The summed E-state index contributed by atoms with van der Waals surface area (Å²) in [6, 6.07) is 4.45. The summed E-state index contributed by atoms with van der Waals surface area (Å²) in [5.74, 6) is 0.227. The molecule has 2 rings (SSSR count). The highest BCUT2D eigenvalue weighted by Crippen LogP contribution is 2.10. The Morgan fingerprint density at radius 1 is 1.52 bits per heavy atom. The van der Waals surface area contributed by atoms with Crippen molar-refractivity contribution in [3.05, 3.63) is 47.3 Å². The number of aromatic nitrogens is 3. The monoisotopic (exact) mass is 292 g/mol. The van der Waals surface area contributed by atoms with Crippen LogP contribution in [-0.2, 0) is 20.0 Å². The predicted molar refractivity (Wildman–Crippen MR) is 75.3 cm³/mol. The van der Waals surface area contributed by atoms with E-state index in [2.05, 4.69) is 20.6 Å². The molecule has 0 bridgehead atoms. The maximum absolute atomic E-state index is 13.8. The van der Waals surface area contributed by atoms with Gasteiger partial charge in [-0.15, -0.1) is 0 Å². The van der Waals surface area contributed by atoms with Crippen molar-refractivity contribution in [2.24, 2.45) is 17.9 Å². The summed E-state index contributed by atoms with van der Waals surface area (Å²) in [7, 11) is 1.81. The molecule has 0 unspecified atom stereocenters. The van der Waals surface area contributed by atoms with Crippen molar-refractivity contribution in [2.45, 2.75) is 13.0 Å². The lowest BCUT2D eigenvalue weighted by Crippen LogP contribution is -2.19. The minimum atomic E-state index is -0.400. The molecule has 0 amide bonds. The van der Waals surface area contributed by atoms with Crippen LogP contribution in [0.4, 0.5) is 4.39 Å². The molecule has 112 valence electrons. The van der Waals surface area contributed by atoms with Gasteiger partial charge in [0.2, 0.25) is 0 Å². The van der Waals surface area contributed by atoms with Gasteiger partial charge in [-0.1, -0.05) is 17.3 Å². The first-order chi connectivity index (χ1) is 10.1. The molecule has 0 saturated carbocycles. The Morgan fingerprint density at radius 3 is 2.95 bits per heavy atom. The lowest BCUT2D eigenvalue weighted by atomic mass is 10.1. The molecule has 1 aromatic heterocycles. The van der Waals surface area contributed by atoms with Crippen molar-refractivity contribution in [2.75, 3.05) is 6.54 Å². The summed E-state index contributed by atoms with van der Waals surface area (Å²) in [4.78, 5) is 4.11. The second-order valence-electron chi connectivity index (χ2n) is 4.55. The SMILES string of the molecule is Cn1cnc(CCNCc2ccc(/C(N)=N/O)cc2F)n1. The van der Waals surface area contributed by atoms with E-state index in [0.717, 1.165) is 5.82 Å². The maximum Gasteiger partial charge on any atom is 0.170 e. The number of rotatable bonds is 6. The molecule has 0 fully saturated rings. The Bertz CT molecular complexity index is 639. The van der Waals surface area contributed by atoms with Crippen LogP contribution in [0.2, 0.25) is 0 Å². The smallest absolute Gasteiger partial charge is 0.170 e. The van der Waals surface area contributed by atoms with Gasteiger partial charge in [-0.2, -0.15) is 5.10 Å². The van der Waals surface area contributed by atoms with Gasteiger partial charge in [0.15, 0.2) is 11.7 Å². The highest BCUT2D eigenvalue weighted by Gasteiger charge is 2.06. The van der Waals surface area contributed by atoms with Gasteiger partial charge in [-0.25, -0.2) is 9.37 Å². The van der Waals surface area contributed by atoms with Gasteiger partial charge in [0, 0.05) is 37.7 Å². The molecular weight excluding hydrogens is 275 g/mol. The number of nitrogens with one attached hydrogen (secondary N) is 1. The fourth-order valence-corrected chi connectivity index (χ4v) is 1.83. The van der Waals surface area contributed by atoms with Gasteiger partial charge in [0.1, 0.15) is 12.1 Å². The number of aryl methyl sites for hydroxylation is 1. The molecule has 0 spiro atoms.